The van der Waals surface area contributed by atoms with Crippen LogP contribution in [0.2, 0.25) is 0 Å². The number of hydrogen-bond acceptors (Lipinski definition) is 4. The maximum absolute atomic E-state index is 12.5. The first-order valence-electron chi connectivity index (χ1n) is 9.08. The molecule has 0 atom stereocenters. The zero-order chi connectivity index (χ0) is 19.3. The highest BCUT2D eigenvalue weighted by atomic mass is 32.2. The molecule has 1 saturated carbocycles. The lowest BCUT2D eigenvalue weighted by Crippen LogP contribution is -2.34. The Morgan fingerprint density at radius 1 is 1.11 bits per heavy atom. The lowest BCUT2D eigenvalue weighted by atomic mass is 10.2. The first kappa shape index (κ1) is 19.5. The van der Waals surface area contributed by atoms with E-state index in [1.165, 1.54) is 25.0 Å². The minimum absolute atomic E-state index is 0.0844. The largest absolute Gasteiger partial charge is 0.351 e. The van der Waals surface area contributed by atoms with Crippen LogP contribution in [0, 0.1) is 0 Å². The molecule has 144 valence electrons. The smallest absolute Gasteiger partial charge is 0.251 e. The molecule has 0 spiro atoms. The van der Waals surface area contributed by atoms with Gasteiger partial charge in [0, 0.05) is 31.2 Å². The van der Waals surface area contributed by atoms with E-state index in [4.69, 9.17) is 0 Å². The summed E-state index contributed by atoms with van der Waals surface area (Å²) in [5.74, 6) is -0.265. The van der Waals surface area contributed by atoms with Crippen molar-refractivity contribution in [1.82, 2.24) is 14.9 Å². The SMILES string of the molecule is CN(CCNC(=O)c1cccc(S(=O)(=O)NCc2ccccc2)c1)C1CC1. The summed E-state index contributed by atoms with van der Waals surface area (Å²) < 4.78 is 27.6. The van der Waals surface area contributed by atoms with E-state index in [1.54, 1.807) is 12.1 Å². The van der Waals surface area contributed by atoms with Crippen LogP contribution in [0.15, 0.2) is 59.5 Å². The van der Waals surface area contributed by atoms with E-state index in [9.17, 15) is 13.2 Å². The van der Waals surface area contributed by atoms with Crippen LogP contribution in [0.1, 0.15) is 28.8 Å². The third-order valence-corrected chi connectivity index (χ3v) is 6.03. The fraction of sp³-hybridized carbons (Fsp3) is 0.350. The lowest BCUT2D eigenvalue weighted by Gasteiger charge is -2.15. The highest BCUT2D eigenvalue weighted by molar-refractivity contribution is 7.89. The molecule has 1 aliphatic rings. The van der Waals surface area contributed by atoms with Crippen LogP contribution in [0.4, 0.5) is 0 Å². The van der Waals surface area contributed by atoms with Crippen molar-refractivity contribution in [3.05, 3.63) is 65.7 Å². The number of likely N-dealkylation sites (N-methyl/N-ethyl adjacent to an activating group) is 1. The van der Waals surface area contributed by atoms with Crippen molar-refractivity contribution >= 4 is 15.9 Å². The number of carbonyl (C=O) groups is 1. The van der Waals surface area contributed by atoms with Crippen molar-refractivity contribution < 1.29 is 13.2 Å². The van der Waals surface area contributed by atoms with Gasteiger partial charge in [-0.05, 0) is 43.7 Å². The van der Waals surface area contributed by atoms with Crippen molar-refractivity contribution in [3.8, 4) is 0 Å². The average Bonchev–Trinajstić information content (AvgIpc) is 3.52. The minimum atomic E-state index is -3.69. The Hall–Kier alpha value is -2.22. The van der Waals surface area contributed by atoms with Crippen molar-refractivity contribution in [2.45, 2.75) is 30.3 Å². The second-order valence-electron chi connectivity index (χ2n) is 6.81. The Balaban J connectivity index is 1.58. The molecule has 0 saturated heterocycles. The van der Waals surface area contributed by atoms with Crippen LogP contribution in [-0.2, 0) is 16.6 Å². The van der Waals surface area contributed by atoms with E-state index in [1.807, 2.05) is 30.3 Å². The second kappa shape index (κ2) is 8.65. The summed E-state index contributed by atoms with van der Waals surface area (Å²) in [6.45, 7) is 1.52. The van der Waals surface area contributed by atoms with Crippen LogP contribution < -0.4 is 10.0 Å². The Morgan fingerprint density at radius 2 is 1.85 bits per heavy atom. The molecule has 0 aliphatic heterocycles. The van der Waals surface area contributed by atoms with Gasteiger partial charge in [0.2, 0.25) is 10.0 Å². The third-order valence-electron chi connectivity index (χ3n) is 4.64. The molecule has 1 aliphatic carbocycles. The molecule has 27 heavy (non-hydrogen) atoms. The summed E-state index contributed by atoms with van der Waals surface area (Å²) in [5.41, 5.74) is 1.21. The van der Waals surface area contributed by atoms with Gasteiger partial charge in [-0.25, -0.2) is 13.1 Å². The Morgan fingerprint density at radius 3 is 2.56 bits per heavy atom. The fourth-order valence-corrected chi connectivity index (χ4v) is 3.87. The molecule has 1 amide bonds. The number of rotatable bonds is 9. The van der Waals surface area contributed by atoms with Gasteiger partial charge >= 0.3 is 0 Å². The maximum atomic E-state index is 12.5. The van der Waals surface area contributed by atoms with Crippen LogP contribution in [-0.4, -0.2) is 45.4 Å². The van der Waals surface area contributed by atoms with Gasteiger partial charge in [-0.2, -0.15) is 0 Å². The summed E-state index contributed by atoms with van der Waals surface area (Å²) in [7, 11) is -1.64. The van der Waals surface area contributed by atoms with Gasteiger partial charge in [0.15, 0.2) is 0 Å². The molecule has 0 radical (unpaired) electrons. The van der Waals surface area contributed by atoms with Gasteiger partial charge in [-0.3, -0.25) is 4.79 Å². The van der Waals surface area contributed by atoms with E-state index in [-0.39, 0.29) is 17.3 Å². The highest BCUT2D eigenvalue weighted by Crippen LogP contribution is 2.24. The minimum Gasteiger partial charge on any atom is -0.351 e. The molecule has 0 heterocycles. The van der Waals surface area contributed by atoms with Crippen LogP contribution in [0.5, 0.6) is 0 Å². The third kappa shape index (κ3) is 5.63. The number of nitrogens with one attached hydrogen (secondary N) is 2. The number of carbonyl (C=O) groups excluding carboxylic acids is 1. The fourth-order valence-electron chi connectivity index (χ4n) is 2.81. The van der Waals surface area contributed by atoms with Crippen LogP contribution >= 0.6 is 0 Å². The number of nitrogens with zero attached hydrogens (tertiary/aromatic N) is 1. The first-order chi connectivity index (χ1) is 13.0. The molecule has 2 aromatic rings. The van der Waals surface area contributed by atoms with E-state index < -0.39 is 10.0 Å². The van der Waals surface area contributed by atoms with Crippen molar-refractivity contribution in [2.24, 2.45) is 0 Å². The Kier molecular flexibility index (Phi) is 6.26. The summed E-state index contributed by atoms with van der Waals surface area (Å²) in [6.07, 6.45) is 2.45. The van der Waals surface area contributed by atoms with Crippen molar-refractivity contribution in [1.29, 1.82) is 0 Å². The van der Waals surface area contributed by atoms with Crippen molar-refractivity contribution in [3.63, 3.8) is 0 Å². The average molecular weight is 388 g/mol. The Labute approximate surface area is 160 Å². The van der Waals surface area contributed by atoms with Gasteiger partial charge in [0.25, 0.3) is 5.91 Å². The van der Waals surface area contributed by atoms with Gasteiger partial charge in [0.1, 0.15) is 0 Å². The number of hydrogen-bond donors (Lipinski definition) is 2. The molecule has 2 aromatic carbocycles. The molecular formula is C20H25N3O3S. The van der Waals surface area contributed by atoms with Gasteiger partial charge in [-0.1, -0.05) is 36.4 Å². The van der Waals surface area contributed by atoms with Gasteiger partial charge < -0.3 is 10.2 Å². The number of sulfonamides is 1. The molecule has 3 rings (SSSR count). The summed E-state index contributed by atoms with van der Waals surface area (Å²) >= 11 is 0. The van der Waals surface area contributed by atoms with Crippen molar-refractivity contribution in [2.75, 3.05) is 20.1 Å². The zero-order valence-electron chi connectivity index (χ0n) is 15.4. The monoisotopic (exact) mass is 387 g/mol. The molecule has 2 N–H and O–H groups in total. The molecule has 0 aromatic heterocycles. The normalized spacial score (nSPS) is 14.3. The highest BCUT2D eigenvalue weighted by Gasteiger charge is 2.25. The molecule has 6 nitrogen and oxygen atoms in total. The molecule has 0 unspecified atom stereocenters. The summed E-state index contributed by atoms with van der Waals surface area (Å²) in [4.78, 5) is 14.6. The number of benzene rings is 2. The quantitative estimate of drug-likeness (QED) is 0.690. The second-order valence-corrected chi connectivity index (χ2v) is 8.57. The van der Waals surface area contributed by atoms with Crippen LogP contribution in [0.3, 0.4) is 0 Å². The van der Waals surface area contributed by atoms with E-state index in [0.717, 1.165) is 12.1 Å². The van der Waals surface area contributed by atoms with E-state index >= 15 is 0 Å². The topological polar surface area (TPSA) is 78.5 Å². The summed E-state index contributed by atoms with van der Waals surface area (Å²) in [6, 6.07) is 16.0. The predicted molar refractivity (Wildman–Crippen MR) is 105 cm³/mol. The standard InChI is InChI=1S/C20H25N3O3S/c1-23(18-10-11-18)13-12-21-20(24)17-8-5-9-19(14-17)27(25,26)22-15-16-6-3-2-4-7-16/h2-9,14,18,22H,10-13,15H2,1H3,(H,21,24). The Bertz CT molecular complexity index is 880. The lowest BCUT2D eigenvalue weighted by molar-refractivity contribution is 0.0949. The first-order valence-corrected chi connectivity index (χ1v) is 10.6. The maximum Gasteiger partial charge on any atom is 0.251 e. The van der Waals surface area contributed by atoms with Gasteiger partial charge in [-0.15, -0.1) is 0 Å². The summed E-state index contributed by atoms with van der Waals surface area (Å²) in [5, 5.41) is 2.85. The molecule has 1 fully saturated rings. The predicted octanol–water partition coefficient (Wildman–Crippen LogP) is 1.99. The molecular weight excluding hydrogens is 362 g/mol. The number of amides is 1. The molecule has 7 heteroatoms. The van der Waals surface area contributed by atoms with E-state index in [0.29, 0.717) is 18.2 Å². The van der Waals surface area contributed by atoms with Crippen LogP contribution in [0.25, 0.3) is 0 Å². The van der Waals surface area contributed by atoms with Gasteiger partial charge in [0.05, 0.1) is 4.90 Å². The zero-order valence-corrected chi connectivity index (χ0v) is 16.2. The van der Waals surface area contributed by atoms with E-state index in [2.05, 4.69) is 22.0 Å². The molecule has 0 bridgehead atoms.